The highest BCUT2D eigenvalue weighted by Gasteiger charge is 2.27. The van der Waals surface area contributed by atoms with Gasteiger partial charge in [0.25, 0.3) is 5.91 Å². The highest BCUT2D eigenvalue weighted by atomic mass is 35.5. The summed E-state index contributed by atoms with van der Waals surface area (Å²) in [5.74, 6) is -0.180. The zero-order valence-corrected chi connectivity index (χ0v) is 14.5. The third-order valence-electron chi connectivity index (χ3n) is 3.69. The Morgan fingerprint density at radius 3 is 2.21 bits per heavy atom. The average molecular weight is 345 g/mol. The Bertz CT molecular complexity index is 701. The van der Waals surface area contributed by atoms with Crippen LogP contribution < -0.4 is 5.73 Å². The predicted molar refractivity (Wildman–Crippen MR) is 96.7 cm³/mol. The molecule has 3 N–H and O–H groups in total. The minimum atomic E-state index is -0.444. The molecule has 24 heavy (non-hydrogen) atoms. The molecule has 5 nitrogen and oxygen atoms in total. The quantitative estimate of drug-likeness (QED) is 0.481. The maximum atomic E-state index is 12.8. The summed E-state index contributed by atoms with van der Waals surface area (Å²) < 4.78 is 1.19. The number of rotatable bonds is 6. The molecule has 2 aromatic carbocycles. The lowest BCUT2D eigenvalue weighted by molar-refractivity contribution is -0.132. The number of nitrogens with zero attached hydrogens (tertiary/aromatic N) is 2. The number of amidine groups is 1. The summed E-state index contributed by atoms with van der Waals surface area (Å²) in [6, 6.07) is 16.2. The van der Waals surface area contributed by atoms with Crippen molar-refractivity contribution in [2.24, 2.45) is 5.73 Å². The van der Waals surface area contributed by atoms with E-state index in [2.05, 4.69) is 0 Å². The Morgan fingerprint density at radius 2 is 1.71 bits per heavy atom. The van der Waals surface area contributed by atoms with Crippen molar-refractivity contribution in [1.82, 2.24) is 9.32 Å². The van der Waals surface area contributed by atoms with Gasteiger partial charge in [0.2, 0.25) is 0 Å². The first-order valence-electron chi connectivity index (χ1n) is 7.52. The molecule has 0 saturated heterocycles. The Hall–Kier alpha value is -2.37. The standard InChI is InChI=1S/C18H21ClN4O/c1-22(2)16(14-6-4-3-5-7-14)18(24)23(19)12-13-8-10-15(11-9-13)17(20)21/h3-11,16H,12H2,1-2H3,(H3,20,21). The van der Waals surface area contributed by atoms with Crippen molar-refractivity contribution in [2.45, 2.75) is 12.6 Å². The van der Waals surface area contributed by atoms with Crippen molar-refractivity contribution in [2.75, 3.05) is 14.1 Å². The third kappa shape index (κ3) is 4.34. The summed E-state index contributed by atoms with van der Waals surface area (Å²) in [7, 11) is 3.70. The minimum absolute atomic E-state index is 0.0112. The molecule has 2 aromatic rings. The van der Waals surface area contributed by atoms with Gasteiger partial charge in [0, 0.05) is 17.3 Å². The number of nitrogen functional groups attached to an aromatic ring is 1. The topological polar surface area (TPSA) is 73.4 Å². The van der Waals surface area contributed by atoms with E-state index in [-0.39, 0.29) is 18.3 Å². The van der Waals surface area contributed by atoms with E-state index in [1.807, 2.05) is 61.5 Å². The fourth-order valence-corrected chi connectivity index (χ4v) is 2.69. The zero-order chi connectivity index (χ0) is 17.7. The van der Waals surface area contributed by atoms with Gasteiger partial charge in [-0.3, -0.25) is 15.1 Å². The summed E-state index contributed by atoms with van der Waals surface area (Å²) in [6.07, 6.45) is 0. The molecule has 0 heterocycles. The zero-order valence-electron chi connectivity index (χ0n) is 13.7. The molecule has 1 amide bonds. The van der Waals surface area contributed by atoms with Gasteiger partial charge in [0.05, 0.1) is 6.54 Å². The van der Waals surface area contributed by atoms with Crippen molar-refractivity contribution in [3.63, 3.8) is 0 Å². The lowest BCUT2D eigenvalue weighted by atomic mass is 10.0. The lowest BCUT2D eigenvalue weighted by Crippen LogP contribution is -2.35. The van der Waals surface area contributed by atoms with E-state index in [9.17, 15) is 4.79 Å². The number of nitrogens with one attached hydrogen (secondary N) is 1. The minimum Gasteiger partial charge on any atom is -0.384 e. The van der Waals surface area contributed by atoms with Gasteiger partial charge in [0.15, 0.2) is 0 Å². The average Bonchev–Trinajstić information content (AvgIpc) is 2.56. The van der Waals surface area contributed by atoms with Crippen LogP contribution in [0.2, 0.25) is 0 Å². The van der Waals surface area contributed by atoms with Crippen molar-refractivity contribution in [3.05, 3.63) is 71.3 Å². The van der Waals surface area contributed by atoms with Crippen molar-refractivity contribution in [3.8, 4) is 0 Å². The van der Waals surface area contributed by atoms with Gasteiger partial charge >= 0.3 is 0 Å². The molecular formula is C18H21ClN4O. The number of likely N-dealkylation sites (N-methyl/N-ethyl adjacent to an activating group) is 1. The van der Waals surface area contributed by atoms with E-state index in [0.717, 1.165) is 11.1 Å². The molecule has 0 aliphatic rings. The van der Waals surface area contributed by atoms with Gasteiger partial charge in [0.1, 0.15) is 11.9 Å². The smallest absolute Gasteiger partial charge is 0.259 e. The number of hydrogen-bond donors (Lipinski definition) is 2. The molecule has 6 heteroatoms. The van der Waals surface area contributed by atoms with E-state index >= 15 is 0 Å². The first-order chi connectivity index (χ1) is 11.4. The van der Waals surface area contributed by atoms with Crippen LogP contribution in [0.4, 0.5) is 0 Å². The molecule has 0 aliphatic heterocycles. The normalized spacial score (nSPS) is 12.0. The molecule has 2 rings (SSSR count). The van der Waals surface area contributed by atoms with Gasteiger partial charge in [-0.25, -0.2) is 4.42 Å². The monoisotopic (exact) mass is 344 g/mol. The molecule has 0 bridgehead atoms. The first-order valence-corrected chi connectivity index (χ1v) is 7.86. The molecular weight excluding hydrogens is 324 g/mol. The molecule has 0 aromatic heterocycles. The predicted octanol–water partition coefficient (Wildman–Crippen LogP) is 2.76. The second kappa shape index (κ2) is 7.95. The van der Waals surface area contributed by atoms with Crippen LogP contribution in [0, 0.1) is 5.41 Å². The molecule has 0 aliphatic carbocycles. The van der Waals surface area contributed by atoms with Crippen LogP contribution in [0.25, 0.3) is 0 Å². The van der Waals surface area contributed by atoms with Gasteiger partial charge < -0.3 is 5.73 Å². The Kier molecular flexibility index (Phi) is 5.95. The van der Waals surface area contributed by atoms with E-state index < -0.39 is 6.04 Å². The Morgan fingerprint density at radius 1 is 1.12 bits per heavy atom. The molecule has 0 saturated carbocycles. The molecule has 0 spiro atoms. The van der Waals surface area contributed by atoms with Crippen LogP contribution >= 0.6 is 11.8 Å². The van der Waals surface area contributed by atoms with E-state index in [0.29, 0.717) is 5.56 Å². The largest absolute Gasteiger partial charge is 0.384 e. The maximum Gasteiger partial charge on any atom is 0.259 e. The van der Waals surface area contributed by atoms with Gasteiger partial charge in [-0.15, -0.1) is 0 Å². The highest BCUT2D eigenvalue weighted by Crippen LogP contribution is 2.23. The number of hydrogen-bond acceptors (Lipinski definition) is 3. The second-order valence-corrected chi connectivity index (χ2v) is 6.15. The van der Waals surface area contributed by atoms with E-state index in [1.165, 1.54) is 4.42 Å². The van der Waals surface area contributed by atoms with Crippen LogP contribution in [-0.2, 0) is 11.3 Å². The third-order valence-corrected chi connectivity index (χ3v) is 3.98. The van der Waals surface area contributed by atoms with Crippen LogP contribution in [0.1, 0.15) is 22.7 Å². The number of carbonyl (C=O) groups is 1. The van der Waals surface area contributed by atoms with E-state index in [4.69, 9.17) is 22.9 Å². The molecule has 0 fully saturated rings. The van der Waals surface area contributed by atoms with Crippen molar-refractivity contribution < 1.29 is 4.79 Å². The van der Waals surface area contributed by atoms with Crippen LogP contribution in [0.15, 0.2) is 54.6 Å². The fraction of sp³-hybridized carbons (Fsp3) is 0.222. The lowest BCUT2D eigenvalue weighted by Gasteiger charge is -2.27. The maximum absolute atomic E-state index is 12.8. The number of benzene rings is 2. The fourth-order valence-electron chi connectivity index (χ4n) is 2.46. The molecule has 1 atom stereocenters. The number of amides is 1. The summed E-state index contributed by atoms with van der Waals surface area (Å²) in [5, 5.41) is 7.40. The van der Waals surface area contributed by atoms with Crippen molar-refractivity contribution in [1.29, 1.82) is 5.41 Å². The number of nitrogens with two attached hydrogens (primary N) is 1. The van der Waals surface area contributed by atoms with Crippen LogP contribution in [-0.4, -0.2) is 35.2 Å². The summed E-state index contributed by atoms with van der Waals surface area (Å²) in [4.78, 5) is 14.6. The van der Waals surface area contributed by atoms with Crippen molar-refractivity contribution >= 4 is 23.5 Å². The summed E-state index contributed by atoms with van der Waals surface area (Å²) >= 11 is 6.25. The summed E-state index contributed by atoms with van der Waals surface area (Å²) in [5.41, 5.74) is 7.84. The number of halogens is 1. The highest BCUT2D eigenvalue weighted by molar-refractivity contribution is 6.21. The second-order valence-electron chi connectivity index (χ2n) is 5.75. The van der Waals surface area contributed by atoms with Gasteiger partial charge in [-0.2, -0.15) is 0 Å². The SMILES string of the molecule is CN(C)C(C(=O)N(Cl)Cc1ccc(C(=N)N)cc1)c1ccccc1. The summed E-state index contributed by atoms with van der Waals surface area (Å²) in [6.45, 7) is 0.274. The Balaban J connectivity index is 2.13. The molecule has 1 unspecified atom stereocenters. The molecule has 126 valence electrons. The van der Waals surface area contributed by atoms with E-state index in [1.54, 1.807) is 12.1 Å². The van der Waals surface area contributed by atoms with Gasteiger partial charge in [-0.05, 0) is 25.2 Å². The molecule has 0 radical (unpaired) electrons. The van der Waals surface area contributed by atoms with Gasteiger partial charge in [-0.1, -0.05) is 54.6 Å². The first kappa shape index (κ1) is 18.0. The Labute approximate surface area is 147 Å². The van der Waals surface area contributed by atoms with Crippen LogP contribution in [0.5, 0.6) is 0 Å². The number of carbonyl (C=O) groups excluding carboxylic acids is 1. The van der Waals surface area contributed by atoms with Crippen LogP contribution in [0.3, 0.4) is 0 Å².